The van der Waals surface area contributed by atoms with Gasteiger partial charge < -0.3 is 10.6 Å². The fourth-order valence-electron chi connectivity index (χ4n) is 2.02. The van der Waals surface area contributed by atoms with Crippen LogP contribution in [0.15, 0.2) is 54.7 Å². The first-order chi connectivity index (χ1) is 9.36. The van der Waals surface area contributed by atoms with Crippen LogP contribution >= 0.6 is 0 Å². The second-order valence-electron chi connectivity index (χ2n) is 4.17. The van der Waals surface area contributed by atoms with Crippen molar-refractivity contribution in [2.45, 2.75) is 0 Å². The van der Waals surface area contributed by atoms with Gasteiger partial charge in [0.25, 0.3) is 0 Å². The minimum atomic E-state index is 0.602. The van der Waals surface area contributed by atoms with E-state index in [0.29, 0.717) is 5.95 Å². The number of nitrogens with one attached hydrogen (secondary N) is 2. The van der Waals surface area contributed by atoms with Crippen LogP contribution in [0.5, 0.6) is 0 Å². The fraction of sp³-hybridized carbons (Fsp3) is 0.0667. The molecule has 19 heavy (non-hydrogen) atoms. The van der Waals surface area contributed by atoms with Crippen molar-refractivity contribution in [1.29, 1.82) is 0 Å². The van der Waals surface area contributed by atoms with E-state index in [9.17, 15) is 0 Å². The molecule has 4 nitrogen and oxygen atoms in total. The van der Waals surface area contributed by atoms with Gasteiger partial charge in [0.05, 0.1) is 0 Å². The summed E-state index contributed by atoms with van der Waals surface area (Å²) < 4.78 is 0. The van der Waals surface area contributed by atoms with E-state index in [-0.39, 0.29) is 0 Å². The molecule has 94 valence electrons. The Morgan fingerprint density at radius 3 is 2.68 bits per heavy atom. The summed E-state index contributed by atoms with van der Waals surface area (Å²) in [5.74, 6) is 1.38. The van der Waals surface area contributed by atoms with Gasteiger partial charge in [-0.25, -0.2) is 4.98 Å². The number of fused-ring (bicyclic) bond motifs is 1. The Kier molecular flexibility index (Phi) is 2.98. The SMILES string of the molecule is CNc1nccc(Nc2cccc3ccccc23)n1. The molecule has 0 saturated heterocycles. The summed E-state index contributed by atoms with van der Waals surface area (Å²) in [6.45, 7) is 0. The van der Waals surface area contributed by atoms with Gasteiger partial charge in [-0.05, 0) is 17.5 Å². The van der Waals surface area contributed by atoms with Crippen LogP contribution in [0.4, 0.5) is 17.5 Å². The number of anilines is 3. The monoisotopic (exact) mass is 250 g/mol. The normalized spacial score (nSPS) is 10.4. The van der Waals surface area contributed by atoms with Gasteiger partial charge in [-0.1, -0.05) is 36.4 Å². The number of rotatable bonds is 3. The van der Waals surface area contributed by atoms with Crippen LogP contribution in [0.2, 0.25) is 0 Å². The third kappa shape index (κ3) is 2.33. The largest absolute Gasteiger partial charge is 0.357 e. The van der Waals surface area contributed by atoms with Gasteiger partial charge in [0.2, 0.25) is 5.95 Å². The van der Waals surface area contributed by atoms with E-state index < -0.39 is 0 Å². The summed E-state index contributed by atoms with van der Waals surface area (Å²) in [6.07, 6.45) is 1.73. The van der Waals surface area contributed by atoms with Crippen LogP contribution in [0.1, 0.15) is 0 Å². The number of aromatic nitrogens is 2. The van der Waals surface area contributed by atoms with Gasteiger partial charge in [-0.15, -0.1) is 0 Å². The summed E-state index contributed by atoms with van der Waals surface area (Å²) in [7, 11) is 1.80. The van der Waals surface area contributed by atoms with Crippen molar-refractivity contribution in [3.05, 3.63) is 54.7 Å². The molecule has 0 radical (unpaired) electrons. The zero-order valence-corrected chi connectivity index (χ0v) is 10.6. The lowest BCUT2D eigenvalue weighted by molar-refractivity contribution is 1.15. The van der Waals surface area contributed by atoms with Crippen LogP contribution in [-0.4, -0.2) is 17.0 Å². The smallest absolute Gasteiger partial charge is 0.224 e. The van der Waals surface area contributed by atoms with E-state index in [1.807, 2.05) is 30.3 Å². The Labute approximate surface area is 111 Å². The lowest BCUT2D eigenvalue weighted by Gasteiger charge is -2.09. The molecule has 0 amide bonds. The molecule has 0 bridgehead atoms. The van der Waals surface area contributed by atoms with Crippen molar-refractivity contribution < 1.29 is 0 Å². The van der Waals surface area contributed by atoms with Gasteiger partial charge >= 0.3 is 0 Å². The lowest BCUT2D eigenvalue weighted by atomic mass is 10.1. The van der Waals surface area contributed by atoms with Crippen LogP contribution in [0.3, 0.4) is 0 Å². The van der Waals surface area contributed by atoms with Crippen molar-refractivity contribution in [3.8, 4) is 0 Å². The number of benzene rings is 2. The lowest BCUT2D eigenvalue weighted by Crippen LogP contribution is -2.00. The Balaban J connectivity index is 2.01. The molecule has 1 aromatic heterocycles. The van der Waals surface area contributed by atoms with Gasteiger partial charge in [-0.2, -0.15) is 4.98 Å². The van der Waals surface area contributed by atoms with Crippen molar-refractivity contribution in [2.75, 3.05) is 17.7 Å². The quantitative estimate of drug-likeness (QED) is 0.748. The standard InChI is InChI=1S/C15H14N4/c1-16-15-17-10-9-14(19-15)18-13-8-4-6-11-5-2-3-7-12(11)13/h2-10H,1H3,(H2,16,17,18,19). The molecule has 0 aliphatic heterocycles. The molecule has 0 spiro atoms. The van der Waals surface area contributed by atoms with E-state index in [4.69, 9.17) is 0 Å². The van der Waals surface area contributed by atoms with Crippen LogP contribution < -0.4 is 10.6 Å². The van der Waals surface area contributed by atoms with Gasteiger partial charge in [0.15, 0.2) is 0 Å². The minimum Gasteiger partial charge on any atom is -0.357 e. The molecule has 0 fully saturated rings. The summed E-state index contributed by atoms with van der Waals surface area (Å²) in [5, 5.41) is 8.64. The van der Waals surface area contributed by atoms with Gasteiger partial charge in [0, 0.05) is 24.3 Å². The average Bonchev–Trinajstić information content (AvgIpc) is 2.48. The van der Waals surface area contributed by atoms with Crippen LogP contribution in [-0.2, 0) is 0 Å². The second kappa shape index (κ2) is 4.94. The highest BCUT2D eigenvalue weighted by molar-refractivity contribution is 5.95. The van der Waals surface area contributed by atoms with E-state index in [2.05, 4.69) is 38.8 Å². The molecule has 0 aliphatic carbocycles. The predicted octanol–water partition coefficient (Wildman–Crippen LogP) is 3.42. The topological polar surface area (TPSA) is 49.8 Å². The van der Waals surface area contributed by atoms with Crippen LogP contribution in [0.25, 0.3) is 10.8 Å². The molecule has 3 rings (SSSR count). The summed E-state index contributed by atoms with van der Waals surface area (Å²) >= 11 is 0. The van der Waals surface area contributed by atoms with Crippen molar-refractivity contribution in [1.82, 2.24) is 9.97 Å². The van der Waals surface area contributed by atoms with Gasteiger partial charge in [0.1, 0.15) is 5.82 Å². The molecular weight excluding hydrogens is 236 g/mol. The maximum Gasteiger partial charge on any atom is 0.224 e. The molecule has 2 N–H and O–H groups in total. The Hall–Kier alpha value is -2.62. The summed E-state index contributed by atoms with van der Waals surface area (Å²) in [4.78, 5) is 8.46. The zero-order valence-electron chi connectivity index (χ0n) is 10.6. The predicted molar refractivity (Wildman–Crippen MR) is 78.8 cm³/mol. The fourth-order valence-corrected chi connectivity index (χ4v) is 2.02. The first kappa shape index (κ1) is 11.5. The summed E-state index contributed by atoms with van der Waals surface area (Å²) in [5.41, 5.74) is 1.04. The molecule has 0 atom stereocenters. The molecule has 3 aromatic rings. The van der Waals surface area contributed by atoms with E-state index >= 15 is 0 Å². The van der Waals surface area contributed by atoms with Crippen molar-refractivity contribution in [3.63, 3.8) is 0 Å². The highest BCUT2D eigenvalue weighted by Gasteiger charge is 2.02. The molecule has 1 heterocycles. The molecular formula is C15H14N4. The minimum absolute atomic E-state index is 0.602. The maximum absolute atomic E-state index is 4.36. The highest BCUT2D eigenvalue weighted by atomic mass is 15.1. The van der Waals surface area contributed by atoms with Crippen LogP contribution in [0, 0.1) is 0 Å². The van der Waals surface area contributed by atoms with Crippen molar-refractivity contribution >= 4 is 28.2 Å². The first-order valence-corrected chi connectivity index (χ1v) is 6.12. The molecule has 4 heteroatoms. The number of hydrogen-bond acceptors (Lipinski definition) is 4. The van der Waals surface area contributed by atoms with E-state index in [0.717, 1.165) is 11.5 Å². The third-order valence-corrected chi connectivity index (χ3v) is 2.93. The highest BCUT2D eigenvalue weighted by Crippen LogP contribution is 2.25. The summed E-state index contributed by atoms with van der Waals surface area (Å²) in [6, 6.07) is 16.3. The van der Waals surface area contributed by atoms with E-state index in [1.165, 1.54) is 10.8 Å². The van der Waals surface area contributed by atoms with E-state index in [1.54, 1.807) is 13.2 Å². The third-order valence-electron chi connectivity index (χ3n) is 2.93. The average molecular weight is 250 g/mol. The second-order valence-corrected chi connectivity index (χ2v) is 4.17. The molecule has 2 aromatic carbocycles. The molecule has 0 unspecified atom stereocenters. The number of hydrogen-bond donors (Lipinski definition) is 2. The Bertz CT molecular complexity index is 704. The Morgan fingerprint density at radius 2 is 1.79 bits per heavy atom. The first-order valence-electron chi connectivity index (χ1n) is 6.12. The molecule has 0 saturated carbocycles. The zero-order chi connectivity index (χ0) is 13.1. The molecule has 0 aliphatic rings. The van der Waals surface area contributed by atoms with Gasteiger partial charge in [-0.3, -0.25) is 0 Å². The van der Waals surface area contributed by atoms with Crippen molar-refractivity contribution in [2.24, 2.45) is 0 Å². The maximum atomic E-state index is 4.36. The number of nitrogens with zero attached hydrogens (tertiary/aromatic N) is 2. The Morgan fingerprint density at radius 1 is 0.947 bits per heavy atom.